The van der Waals surface area contributed by atoms with Crippen molar-refractivity contribution in [1.82, 2.24) is 14.8 Å². The predicted octanol–water partition coefficient (Wildman–Crippen LogP) is 3.63. The van der Waals surface area contributed by atoms with Gasteiger partial charge in [-0.15, -0.1) is 10.2 Å². The van der Waals surface area contributed by atoms with Crippen molar-refractivity contribution in [1.29, 1.82) is 0 Å². The van der Waals surface area contributed by atoms with Crippen LogP contribution in [0.25, 0.3) is 11.4 Å². The van der Waals surface area contributed by atoms with E-state index in [1.165, 1.54) is 11.8 Å². The lowest BCUT2D eigenvalue weighted by Gasteiger charge is -2.20. The van der Waals surface area contributed by atoms with Crippen LogP contribution in [-0.4, -0.2) is 40.1 Å². The summed E-state index contributed by atoms with van der Waals surface area (Å²) in [6, 6.07) is 17.3. The molecule has 0 radical (unpaired) electrons. The number of anilines is 1. The number of aromatic nitrogens is 3. The fourth-order valence-electron chi connectivity index (χ4n) is 2.74. The molecule has 0 aliphatic rings. The van der Waals surface area contributed by atoms with Crippen LogP contribution in [0, 0.1) is 0 Å². The third-order valence-electron chi connectivity index (χ3n) is 4.29. The zero-order valence-electron chi connectivity index (χ0n) is 15.8. The first-order chi connectivity index (χ1) is 13.0. The van der Waals surface area contributed by atoms with Crippen LogP contribution in [0.3, 0.4) is 0 Å². The summed E-state index contributed by atoms with van der Waals surface area (Å²) in [5, 5.41) is 8.95. The van der Waals surface area contributed by atoms with E-state index in [0.717, 1.165) is 17.0 Å². The van der Waals surface area contributed by atoms with E-state index < -0.39 is 0 Å². The molecular formula is C20H22N4O2S. The first-order valence-corrected chi connectivity index (χ1v) is 9.43. The lowest BCUT2D eigenvalue weighted by atomic mass is 10.2. The second-order valence-corrected chi connectivity index (χ2v) is 7.37. The molecule has 1 atom stereocenters. The number of thioether (sulfide) groups is 1. The van der Waals surface area contributed by atoms with Crippen LogP contribution in [0.1, 0.15) is 6.92 Å². The van der Waals surface area contributed by atoms with Gasteiger partial charge >= 0.3 is 0 Å². The molecule has 140 valence electrons. The highest BCUT2D eigenvalue weighted by Gasteiger charge is 2.23. The number of ether oxygens (including phenoxy) is 1. The number of carbonyl (C=O) groups excluding carboxylic acids is 1. The minimum Gasteiger partial charge on any atom is -0.496 e. The van der Waals surface area contributed by atoms with E-state index in [-0.39, 0.29) is 11.2 Å². The van der Waals surface area contributed by atoms with Gasteiger partial charge in [-0.2, -0.15) is 0 Å². The SMILES string of the molecule is COc1ccccc1-c1nnc(SC(C)C(=O)N(C)c2ccccc2)n1C. The van der Waals surface area contributed by atoms with E-state index >= 15 is 0 Å². The van der Waals surface area contributed by atoms with E-state index in [1.54, 1.807) is 19.1 Å². The number of para-hydroxylation sites is 2. The van der Waals surface area contributed by atoms with Crippen molar-refractivity contribution in [2.75, 3.05) is 19.1 Å². The van der Waals surface area contributed by atoms with E-state index in [9.17, 15) is 4.79 Å². The van der Waals surface area contributed by atoms with Gasteiger partial charge in [0, 0.05) is 19.8 Å². The Labute approximate surface area is 163 Å². The van der Waals surface area contributed by atoms with Gasteiger partial charge in [0.25, 0.3) is 0 Å². The van der Waals surface area contributed by atoms with Gasteiger partial charge in [-0.1, -0.05) is 42.1 Å². The van der Waals surface area contributed by atoms with Gasteiger partial charge in [0.1, 0.15) is 5.75 Å². The molecule has 1 aromatic heterocycles. The Morgan fingerprint density at radius 2 is 1.78 bits per heavy atom. The molecule has 6 nitrogen and oxygen atoms in total. The lowest BCUT2D eigenvalue weighted by Crippen LogP contribution is -2.33. The summed E-state index contributed by atoms with van der Waals surface area (Å²) in [7, 11) is 5.30. The summed E-state index contributed by atoms with van der Waals surface area (Å²) in [6.07, 6.45) is 0. The molecule has 0 aliphatic heterocycles. The van der Waals surface area contributed by atoms with Gasteiger partial charge in [-0.3, -0.25) is 4.79 Å². The Morgan fingerprint density at radius 1 is 1.11 bits per heavy atom. The maximum atomic E-state index is 12.8. The molecule has 7 heteroatoms. The first kappa shape index (κ1) is 19.0. The number of amides is 1. The third-order valence-corrected chi connectivity index (χ3v) is 5.41. The van der Waals surface area contributed by atoms with Crippen LogP contribution in [0.2, 0.25) is 0 Å². The number of hydrogen-bond acceptors (Lipinski definition) is 5. The molecule has 0 saturated heterocycles. The van der Waals surface area contributed by atoms with Gasteiger partial charge in [-0.25, -0.2) is 0 Å². The first-order valence-electron chi connectivity index (χ1n) is 8.55. The standard InChI is InChI=1S/C20H22N4O2S/c1-14(19(25)23(2)15-10-6-5-7-11-15)27-20-22-21-18(24(20)3)16-12-8-9-13-17(16)26-4/h5-14H,1-4H3. The molecule has 0 fully saturated rings. The fraction of sp³-hybridized carbons (Fsp3) is 0.250. The molecule has 27 heavy (non-hydrogen) atoms. The number of benzene rings is 2. The van der Waals surface area contributed by atoms with Crippen molar-refractivity contribution in [3.05, 3.63) is 54.6 Å². The summed E-state index contributed by atoms with van der Waals surface area (Å²) in [6.45, 7) is 1.88. The zero-order chi connectivity index (χ0) is 19.4. The van der Waals surface area contributed by atoms with E-state index in [2.05, 4.69) is 10.2 Å². The normalized spacial score (nSPS) is 11.9. The predicted molar refractivity (Wildman–Crippen MR) is 108 cm³/mol. The highest BCUT2D eigenvalue weighted by atomic mass is 32.2. The summed E-state index contributed by atoms with van der Waals surface area (Å²) < 4.78 is 7.30. The molecule has 1 amide bonds. The fourth-order valence-corrected chi connectivity index (χ4v) is 3.65. The zero-order valence-corrected chi connectivity index (χ0v) is 16.6. The molecule has 0 bridgehead atoms. The number of carbonyl (C=O) groups is 1. The minimum atomic E-state index is -0.302. The smallest absolute Gasteiger partial charge is 0.240 e. The molecule has 3 aromatic rings. The van der Waals surface area contributed by atoms with Crippen molar-refractivity contribution >= 4 is 23.4 Å². The van der Waals surface area contributed by atoms with Crippen LogP contribution in [0.4, 0.5) is 5.69 Å². The number of hydrogen-bond donors (Lipinski definition) is 0. The Morgan fingerprint density at radius 3 is 2.48 bits per heavy atom. The Hall–Kier alpha value is -2.80. The van der Waals surface area contributed by atoms with E-state index in [0.29, 0.717) is 11.0 Å². The van der Waals surface area contributed by atoms with Gasteiger partial charge < -0.3 is 14.2 Å². The van der Waals surface area contributed by atoms with E-state index in [1.807, 2.05) is 73.1 Å². The molecule has 0 aliphatic carbocycles. The maximum Gasteiger partial charge on any atom is 0.240 e. The summed E-state index contributed by atoms with van der Waals surface area (Å²) in [5.74, 6) is 1.44. The second-order valence-electron chi connectivity index (χ2n) is 6.06. The van der Waals surface area contributed by atoms with Crippen LogP contribution >= 0.6 is 11.8 Å². The molecule has 0 N–H and O–H groups in total. The van der Waals surface area contributed by atoms with Crippen molar-refractivity contribution in [2.24, 2.45) is 7.05 Å². The van der Waals surface area contributed by atoms with Gasteiger partial charge in [0.05, 0.1) is 17.9 Å². The third kappa shape index (κ3) is 3.98. The van der Waals surface area contributed by atoms with Gasteiger partial charge in [-0.05, 0) is 31.2 Å². The van der Waals surface area contributed by atoms with Crippen LogP contribution in [0.5, 0.6) is 5.75 Å². The highest BCUT2D eigenvalue weighted by Crippen LogP contribution is 2.31. The van der Waals surface area contributed by atoms with Crippen molar-refractivity contribution < 1.29 is 9.53 Å². The Bertz CT molecular complexity index is 927. The Balaban J connectivity index is 1.78. The Kier molecular flexibility index (Phi) is 5.81. The minimum absolute atomic E-state index is 0.00745. The van der Waals surface area contributed by atoms with Crippen molar-refractivity contribution in [3.63, 3.8) is 0 Å². The molecule has 3 rings (SSSR count). The summed E-state index contributed by atoms with van der Waals surface area (Å²) in [4.78, 5) is 14.4. The summed E-state index contributed by atoms with van der Waals surface area (Å²) >= 11 is 1.39. The summed E-state index contributed by atoms with van der Waals surface area (Å²) in [5.41, 5.74) is 1.73. The number of methoxy groups -OCH3 is 1. The maximum absolute atomic E-state index is 12.8. The van der Waals surface area contributed by atoms with Crippen LogP contribution < -0.4 is 9.64 Å². The van der Waals surface area contributed by atoms with Gasteiger partial charge in [0.2, 0.25) is 5.91 Å². The monoisotopic (exact) mass is 382 g/mol. The molecule has 0 saturated carbocycles. The topological polar surface area (TPSA) is 60.3 Å². The van der Waals surface area contributed by atoms with E-state index in [4.69, 9.17) is 4.74 Å². The lowest BCUT2D eigenvalue weighted by molar-refractivity contribution is -0.117. The van der Waals surface area contributed by atoms with Crippen molar-refractivity contribution in [2.45, 2.75) is 17.3 Å². The van der Waals surface area contributed by atoms with Crippen molar-refractivity contribution in [3.8, 4) is 17.1 Å². The largest absolute Gasteiger partial charge is 0.496 e. The average molecular weight is 382 g/mol. The van der Waals surface area contributed by atoms with Crippen LogP contribution in [-0.2, 0) is 11.8 Å². The van der Waals surface area contributed by atoms with Gasteiger partial charge in [0.15, 0.2) is 11.0 Å². The average Bonchev–Trinajstić information content (AvgIpc) is 3.07. The number of rotatable bonds is 6. The molecule has 1 unspecified atom stereocenters. The number of nitrogens with zero attached hydrogens (tertiary/aromatic N) is 4. The molecule has 0 spiro atoms. The molecule has 2 aromatic carbocycles. The molecule has 1 heterocycles. The highest BCUT2D eigenvalue weighted by molar-refractivity contribution is 8.00. The molecular weight excluding hydrogens is 360 g/mol. The quantitative estimate of drug-likeness (QED) is 0.609. The second kappa shape index (κ2) is 8.26. The van der Waals surface area contributed by atoms with Crippen LogP contribution in [0.15, 0.2) is 59.8 Å².